The second-order valence-corrected chi connectivity index (χ2v) is 8.01. The normalized spacial score (nSPS) is 23.8. The van der Waals surface area contributed by atoms with Gasteiger partial charge in [0.2, 0.25) is 17.7 Å². The van der Waals surface area contributed by atoms with Crippen LogP contribution in [0.4, 0.5) is 5.69 Å². The molecule has 3 aliphatic heterocycles. The van der Waals surface area contributed by atoms with E-state index in [1.54, 1.807) is 9.80 Å². The van der Waals surface area contributed by atoms with Gasteiger partial charge in [-0.1, -0.05) is 42.5 Å². The van der Waals surface area contributed by atoms with Crippen molar-refractivity contribution in [1.29, 1.82) is 0 Å². The van der Waals surface area contributed by atoms with E-state index in [4.69, 9.17) is 0 Å². The Bertz CT molecular complexity index is 974. The molecule has 148 valence electrons. The molecule has 0 spiro atoms. The standard InChI is InChI=1S/C23H23N3O3/c27-21-12-17(13-26(21)18-7-2-1-3-8-18)23(29)24-14-20-19-9-5-4-6-16(19)10-11-25(20)22(28)15-24/h1-9,17,20H,10-15H2. The van der Waals surface area contributed by atoms with Gasteiger partial charge in [-0.05, 0) is 29.7 Å². The molecule has 2 aromatic rings. The first-order valence-electron chi connectivity index (χ1n) is 10.1. The monoisotopic (exact) mass is 389 g/mol. The minimum absolute atomic E-state index is 0.00616. The zero-order chi connectivity index (χ0) is 20.0. The fourth-order valence-corrected chi connectivity index (χ4v) is 4.83. The smallest absolute Gasteiger partial charge is 0.242 e. The van der Waals surface area contributed by atoms with Crippen LogP contribution in [0, 0.1) is 5.92 Å². The third kappa shape index (κ3) is 3.09. The molecule has 2 fully saturated rings. The number of hydrogen-bond acceptors (Lipinski definition) is 3. The molecule has 29 heavy (non-hydrogen) atoms. The first-order valence-corrected chi connectivity index (χ1v) is 10.1. The first-order chi connectivity index (χ1) is 14.1. The number of nitrogens with zero attached hydrogens (tertiary/aromatic N) is 3. The minimum atomic E-state index is -0.402. The van der Waals surface area contributed by atoms with Crippen molar-refractivity contribution in [3.8, 4) is 0 Å². The predicted octanol–water partition coefficient (Wildman–Crippen LogP) is 2.01. The second-order valence-electron chi connectivity index (χ2n) is 8.01. The van der Waals surface area contributed by atoms with Gasteiger partial charge in [-0.3, -0.25) is 14.4 Å². The maximum Gasteiger partial charge on any atom is 0.242 e. The lowest BCUT2D eigenvalue weighted by atomic mass is 9.90. The molecule has 6 heteroatoms. The Labute approximate surface area is 169 Å². The van der Waals surface area contributed by atoms with Gasteiger partial charge in [0, 0.05) is 31.7 Å². The molecule has 0 saturated carbocycles. The number of hydrogen-bond donors (Lipinski definition) is 0. The molecule has 0 aromatic heterocycles. The fraction of sp³-hybridized carbons (Fsp3) is 0.348. The average molecular weight is 389 g/mol. The highest BCUT2D eigenvalue weighted by molar-refractivity contribution is 6.01. The van der Waals surface area contributed by atoms with Crippen molar-refractivity contribution in [2.24, 2.45) is 5.92 Å². The minimum Gasteiger partial charge on any atom is -0.332 e. The van der Waals surface area contributed by atoms with Gasteiger partial charge < -0.3 is 14.7 Å². The molecular formula is C23H23N3O3. The van der Waals surface area contributed by atoms with Crippen LogP contribution in [0.15, 0.2) is 54.6 Å². The third-order valence-electron chi connectivity index (χ3n) is 6.31. The maximum atomic E-state index is 13.2. The lowest BCUT2D eigenvalue weighted by molar-refractivity contribution is -0.151. The van der Waals surface area contributed by atoms with Crippen LogP contribution in [0.3, 0.4) is 0 Å². The maximum absolute atomic E-state index is 13.2. The highest BCUT2D eigenvalue weighted by Gasteiger charge is 2.42. The molecule has 0 bridgehead atoms. The van der Waals surface area contributed by atoms with Crippen LogP contribution in [0.5, 0.6) is 0 Å². The van der Waals surface area contributed by atoms with Gasteiger partial charge in [0.25, 0.3) is 0 Å². The van der Waals surface area contributed by atoms with Crippen LogP contribution < -0.4 is 4.90 Å². The van der Waals surface area contributed by atoms with Crippen LogP contribution in [-0.4, -0.2) is 53.7 Å². The predicted molar refractivity (Wildman–Crippen MR) is 108 cm³/mol. The number of anilines is 1. The zero-order valence-electron chi connectivity index (χ0n) is 16.2. The van der Waals surface area contributed by atoms with Crippen LogP contribution >= 0.6 is 0 Å². The zero-order valence-corrected chi connectivity index (χ0v) is 16.2. The molecule has 5 rings (SSSR count). The van der Waals surface area contributed by atoms with Gasteiger partial charge in [-0.2, -0.15) is 0 Å². The van der Waals surface area contributed by atoms with E-state index in [9.17, 15) is 14.4 Å². The highest BCUT2D eigenvalue weighted by Crippen LogP contribution is 2.34. The Kier molecular flexibility index (Phi) is 4.34. The van der Waals surface area contributed by atoms with Crippen LogP contribution in [0.1, 0.15) is 23.6 Å². The summed E-state index contributed by atoms with van der Waals surface area (Å²) in [6, 6.07) is 17.5. The summed E-state index contributed by atoms with van der Waals surface area (Å²) in [5.41, 5.74) is 3.20. The summed E-state index contributed by atoms with van der Waals surface area (Å²) < 4.78 is 0. The molecule has 0 radical (unpaired) electrons. The van der Waals surface area contributed by atoms with E-state index in [-0.39, 0.29) is 36.7 Å². The second kappa shape index (κ2) is 7.03. The molecule has 3 aliphatic rings. The Hall–Kier alpha value is -3.15. The lowest BCUT2D eigenvalue weighted by Crippen LogP contribution is -2.56. The van der Waals surface area contributed by atoms with Crippen molar-refractivity contribution >= 4 is 23.4 Å². The van der Waals surface area contributed by atoms with Crippen molar-refractivity contribution in [2.75, 3.05) is 31.1 Å². The molecule has 2 saturated heterocycles. The summed E-state index contributed by atoms with van der Waals surface area (Å²) in [5, 5.41) is 0. The number of carbonyl (C=O) groups is 3. The Morgan fingerprint density at radius 3 is 2.48 bits per heavy atom. The van der Waals surface area contributed by atoms with Gasteiger partial charge in [0.1, 0.15) is 0 Å². The third-order valence-corrected chi connectivity index (χ3v) is 6.31. The number of fused-ring (bicyclic) bond motifs is 3. The van der Waals surface area contributed by atoms with Crippen LogP contribution in [0.2, 0.25) is 0 Å². The number of para-hydroxylation sites is 1. The van der Waals surface area contributed by atoms with E-state index in [0.717, 1.165) is 17.7 Å². The molecule has 2 atom stereocenters. The van der Waals surface area contributed by atoms with Crippen molar-refractivity contribution in [3.05, 3.63) is 65.7 Å². The average Bonchev–Trinajstić information content (AvgIpc) is 3.15. The van der Waals surface area contributed by atoms with Crippen molar-refractivity contribution in [3.63, 3.8) is 0 Å². The van der Waals surface area contributed by atoms with Crippen molar-refractivity contribution in [1.82, 2.24) is 9.80 Å². The fourth-order valence-electron chi connectivity index (χ4n) is 4.83. The molecular weight excluding hydrogens is 366 g/mol. The number of benzene rings is 2. The van der Waals surface area contributed by atoms with E-state index in [2.05, 4.69) is 12.1 Å². The van der Waals surface area contributed by atoms with E-state index >= 15 is 0 Å². The molecule has 2 unspecified atom stereocenters. The number of amides is 3. The quantitative estimate of drug-likeness (QED) is 0.789. The summed E-state index contributed by atoms with van der Waals surface area (Å²) in [7, 11) is 0. The molecule has 2 aromatic carbocycles. The van der Waals surface area contributed by atoms with Crippen LogP contribution in [-0.2, 0) is 20.8 Å². The Balaban J connectivity index is 1.35. The lowest BCUT2D eigenvalue weighted by Gasteiger charge is -2.45. The summed E-state index contributed by atoms with van der Waals surface area (Å²) in [6.07, 6.45) is 1.05. The van der Waals surface area contributed by atoms with Gasteiger partial charge in [-0.25, -0.2) is 0 Å². The summed E-state index contributed by atoms with van der Waals surface area (Å²) in [5.74, 6) is -0.537. The number of piperazine rings is 1. The SMILES string of the molecule is O=C(C1CC(=O)N(c2ccccc2)C1)N1CC(=O)N2CCc3ccccc3C2C1. The summed E-state index contributed by atoms with van der Waals surface area (Å²) >= 11 is 0. The Morgan fingerprint density at radius 2 is 1.66 bits per heavy atom. The first kappa shape index (κ1) is 17.9. The molecule has 0 N–H and O–H groups in total. The Morgan fingerprint density at radius 1 is 0.897 bits per heavy atom. The van der Waals surface area contributed by atoms with Gasteiger partial charge in [0.05, 0.1) is 18.5 Å². The topological polar surface area (TPSA) is 60.9 Å². The van der Waals surface area contributed by atoms with Gasteiger partial charge in [0.15, 0.2) is 0 Å². The molecule has 0 aliphatic carbocycles. The molecule has 3 amide bonds. The summed E-state index contributed by atoms with van der Waals surface area (Å²) in [6.45, 7) is 1.68. The van der Waals surface area contributed by atoms with E-state index in [0.29, 0.717) is 19.6 Å². The largest absolute Gasteiger partial charge is 0.332 e. The van der Waals surface area contributed by atoms with Crippen molar-refractivity contribution < 1.29 is 14.4 Å². The van der Waals surface area contributed by atoms with E-state index in [1.165, 1.54) is 5.56 Å². The van der Waals surface area contributed by atoms with Crippen LogP contribution in [0.25, 0.3) is 0 Å². The van der Waals surface area contributed by atoms with Gasteiger partial charge >= 0.3 is 0 Å². The van der Waals surface area contributed by atoms with Crippen molar-refractivity contribution in [2.45, 2.75) is 18.9 Å². The molecule has 3 heterocycles. The van der Waals surface area contributed by atoms with Gasteiger partial charge in [-0.15, -0.1) is 0 Å². The summed E-state index contributed by atoms with van der Waals surface area (Å²) in [4.78, 5) is 43.8. The molecule has 6 nitrogen and oxygen atoms in total. The number of rotatable bonds is 2. The van der Waals surface area contributed by atoms with E-state index < -0.39 is 5.92 Å². The number of carbonyl (C=O) groups excluding carboxylic acids is 3. The highest BCUT2D eigenvalue weighted by atomic mass is 16.2. The van der Waals surface area contributed by atoms with E-state index in [1.807, 2.05) is 47.4 Å².